The lowest BCUT2D eigenvalue weighted by Crippen LogP contribution is -2.63. The second-order valence-corrected chi connectivity index (χ2v) is 8.56. The first-order valence-electron chi connectivity index (χ1n) is 10.3. The smallest absolute Gasteiger partial charge is 0.252 e. The lowest BCUT2D eigenvalue weighted by atomic mass is 9.81. The number of carbonyl (C=O) groups excluding carboxylic acids is 2. The fourth-order valence-electron chi connectivity index (χ4n) is 4.04. The van der Waals surface area contributed by atoms with Gasteiger partial charge in [0, 0.05) is 25.0 Å². The summed E-state index contributed by atoms with van der Waals surface area (Å²) < 4.78 is 0. The van der Waals surface area contributed by atoms with Gasteiger partial charge >= 0.3 is 0 Å². The molecule has 1 fully saturated rings. The van der Waals surface area contributed by atoms with Crippen LogP contribution < -0.4 is 10.2 Å². The number of hydrogen-bond donors (Lipinski definition) is 1. The minimum Gasteiger partial charge on any atom is -0.369 e. The molecule has 2 aliphatic rings. The van der Waals surface area contributed by atoms with Crippen molar-refractivity contribution in [2.45, 2.75) is 65.3 Å². The van der Waals surface area contributed by atoms with E-state index in [0.717, 1.165) is 37.2 Å². The van der Waals surface area contributed by atoms with Crippen molar-refractivity contribution in [1.82, 2.24) is 4.90 Å². The Bertz CT molecular complexity index is 705. The van der Waals surface area contributed by atoms with E-state index in [2.05, 4.69) is 25.2 Å². The first-order valence-corrected chi connectivity index (χ1v) is 10.3. The Balaban J connectivity index is 1.81. The quantitative estimate of drug-likeness (QED) is 0.850. The molecular weight excluding hydrogens is 338 g/mol. The Morgan fingerprint density at radius 1 is 1.19 bits per heavy atom. The molecule has 0 saturated carbocycles. The summed E-state index contributed by atoms with van der Waals surface area (Å²) >= 11 is 0. The molecule has 0 bridgehead atoms. The molecule has 1 spiro atoms. The molecule has 3 rings (SSSR count). The number of carbonyl (C=O) groups is 2. The number of unbranched alkanes of at least 4 members (excludes halogenated alkanes) is 1. The number of benzene rings is 1. The predicted octanol–water partition coefficient (Wildman–Crippen LogP) is 4.04. The number of piperidine rings is 1. The second-order valence-electron chi connectivity index (χ2n) is 8.56. The zero-order valence-corrected chi connectivity index (χ0v) is 17.2. The average molecular weight is 372 g/mol. The van der Waals surface area contributed by atoms with Gasteiger partial charge in [0.2, 0.25) is 5.91 Å². The molecule has 1 N–H and O–H groups in total. The number of likely N-dealkylation sites (tertiary alicyclic amines) is 1. The minimum absolute atomic E-state index is 0.163. The van der Waals surface area contributed by atoms with Gasteiger partial charge in [-0.2, -0.15) is 0 Å². The van der Waals surface area contributed by atoms with E-state index in [1.54, 1.807) is 0 Å². The van der Waals surface area contributed by atoms with Crippen LogP contribution in [0.2, 0.25) is 0 Å². The van der Waals surface area contributed by atoms with Crippen LogP contribution in [0, 0.1) is 5.41 Å². The molecule has 148 valence electrons. The third-order valence-electron chi connectivity index (χ3n) is 6.33. The molecule has 5 nitrogen and oxygen atoms in total. The van der Waals surface area contributed by atoms with Crippen LogP contribution in [0.15, 0.2) is 24.3 Å². The Morgan fingerprint density at radius 3 is 2.48 bits per heavy atom. The van der Waals surface area contributed by atoms with E-state index >= 15 is 0 Å². The van der Waals surface area contributed by atoms with Gasteiger partial charge in [0.1, 0.15) is 5.54 Å². The molecule has 2 aliphatic heterocycles. The van der Waals surface area contributed by atoms with E-state index in [4.69, 9.17) is 0 Å². The Labute approximate surface area is 163 Å². The standard InChI is InChI=1S/C22H33N3O2/c1-5-7-14-25-18-11-9-8-10-17(18)23-22(20(25)27)12-15-24(16-13-22)19(26)21(3,4)6-2/h8-11,23H,5-7,12-16H2,1-4H3. The molecule has 2 amide bonds. The maximum Gasteiger partial charge on any atom is 0.252 e. The van der Waals surface area contributed by atoms with E-state index in [-0.39, 0.29) is 17.2 Å². The normalized spacial score (nSPS) is 19.0. The summed E-state index contributed by atoms with van der Waals surface area (Å²) in [5.41, 5.74) is 1.08. The van der Waals surface area contributed by atoms with Crippen molar-refractivity contribution in [3.05, 3.63) is 24.3 Å². The summed E-state index contributed by atoms with van der Waals surface area (Å²) in [7, 11) is 0. The highest BCUT2D eigenvalue weighted by Gasteiger charge is 2.48. The third-order valence-corrected chi connectivity index (χ3v) is 6.33. The molecule has 0 aromatic heterocycles. The van der Waals surface area contributed by atoms with Gasteiger partial charge in [0.15, 0.2) is 0 Å². The molecule has 0 unspecified atom stereocenters. The zero-order valence-electron chi connectivity index (χ0n) is 17.2. The van der Waals surface area contributed by atoms with E-state index in [9.17, 15) is 9.59 Å². The van der Waals surface area contributed by atoms with Crippen molar-refractivity contribution in [2.75, 3.05) is 29.9 Å². The first-order chi connectivity index (χ1) is 12.8. The van der Waals surface area contributed by atoms with Gasteiger partial charge in [-0.15, -0.1) is 0 Å². The van der Waals surface area contributed by atoms with Crippen molar-refractivity contribution in [3.63, 3.8) is 0 Å². The molecule has 0 aliphatic carbocycles. The van der Waals surface area contributed by atoms with E-state index in [0.29, 0.717) is 25.9 Å². The number of amides is 2. The molecule has 0 radical (unpaired) electrons. The number of nitrogens with one attached hydrogen (secondary N) is 1. The van der Waals surface area contributed by atoms with Gasteiger partial charge in [-0.25, -0.2) is 0 Å². The zero-order chi connectivity index (χ0) is 19.7. The van der Waals surface area contributed by atoms with Gasteiger partial charge in [-0.1, -0.05) is 46.2 Å². The first kappa shape index (κ1) is 19.7. The number of fused-ring (bicyclic) bond motifs is 1. The Kier molecular flexibility index (Phi) is 5.50. The summed E-state index contributed by atoms with van der Waals surface area (Å²) in [4.78, 5) is 30.2. The number of hydrogen-bond acceptors (Lipinski definition) is 3. The fraction of sp³-hybridized carbons (Fsp3) is 0.636. The minimum atomic E-state index is -0.588. The summed E-state index contributed by atoms with van der Waals surface area (Å²) in [6.07, 6.45) is 4.19. The number of rotatable bonds is 5. The molecule has 1 aromatic carbocycles. The Hall–Kier alpha value is -2.04. The van der Waals surface area contributed by atoms with Crippen LogP contribution in [-0.2, 0) is 9.59 Å². The van der Waals surface area contributed by atoms with Gasteiger partial charge in [0.05, 0.1) is 11.4 Å². The van der Waals surface area contributed by atoms with Crippen molar-refractivity contribution in [3.8, 4) is 0 Å². The third kappa shape index (κ3) is 3.56. The van der Waals surface area contributed by atoms with Crippen LogP contribution in [0.5, 0.6) is 0 Å². The van der Waals surface area contributed by atoms with E-state index in [1.165, 1.54) is 0 Å². The maximum absolute atomic E-state index is 13.5. The van der Waals surface area contributed by atoms with Crippen LogP contribution in [-0.4, -0.2) is 41.9 Å². The van der Waals surface area contributed by atoms with E-state index in [1.807, 2.05) is 41.8 Å². The highest BCUT2D eigenvalue weighted by atomic mass is 16.2. The molecule has 0 atom stereocenters. The molecule has 1 saturated heterocycles. The van der Waals surface area contributed by atoms with Crippen molar-refractivity contribution < 1.29 is 9.59 Å². The molecule has 1 aromatic rings. The highest BCUT2D eigenvalue weighted by Crippen LogP contribution is 2.40. The van der Waals surface area contributed by atoms with E-state index < -0.39 is 5.54 Å². The van der Waals surface area contributed by atoms with Crippen molar-refractivity contribution in [1.29, 1.82) is 0 Å². The van der Waals surface area contributed by atoms with Crippen LogP contribution >= 0.6 is 0 Å². The second kappa shape index (κ2) is 7.53. The molecular formula is C22H33N3O2. The topological polar surface area (TPSA) is 52.7 Å². The molecule has 2 heterocycles. The summed E-state index contributed by atoms with van der Waals surface area (Å²) in [5.74, 6) is 0.364. The summed E-state index contributed by atoms with van der Waals surface area (Å²) in [6, 6.07) is 8.07. The highest BCUT2D eigenvalue weighted by molar-refractivity contribution is 6.08. The van der Waals surface area contributed by atoms with Crippen molar-refractivity contribution >= 4 is 23.2 Å². The Morgan fingerprint density at radius 2 is 1.85 bits per heavy atom. The largest absolute Gasteiger partial charge is 0.369 e. The molecule has 5 heteroatoms. The van der Waals surface area contributed by atoms with Crippen LogP contribution in [0.4, 0.5) is 11.4 Å². The van der Waals surface area contributed by atoms with Crippen LogP contribution in [0.25, 0.3) is 0 Å². The summed E-state index contributed by atoms with van der Waals surface area (Å²) in [5, 5.41) is 3.55. The van der Waals surface area contributed by atoms with Crippen molar-refractivity contribution in [2.24, 2.45) is 5.41 Å². The maximum atomic E-state index is 13.5. The number of nitrogens with zero attached hydrogens (tertiary/aromatic N) is 2. The monoisotopic (exact) mass is 371 g/mol. The average Bonchev–Trinajstić information content (AvgIpc) is 2.68. The van der Waals surface area contributed by atoms with Crippen LogP contribution in [0.1, 0.15) is 59.8 Å². The van der Waals surface area contributed by atoms with Gasteiger partial charge in [0.25, 0.3) is 5.91 Å². The number of para-hydroxylation sites is 2. The van der Waals surface area contributed by atoms with Crippen LogP contribution in [0.3, 0.4) is 0 Å². The van der Waals surface area contributed by atoms with Gasteiger partial charge in [-0.3, -0.25) is 9.59 Å². The summed E-state index contributed by atoms with van der Waals surface area (Å²) in [6.45, 7) is 10.2. The predicted molar refractivity (Wildman–Crippen MR) is 110 cm³/mol. The van der Waals surface area contributed by atoms with Gasteiger partial charge in [-0.05, 0) is 37.8 Å². The molecule has 27 heavy (non-hydrogen) atoms. The fourth-order valence-corrected chi connectivity index (χ4v) is 4.04. The SMILES string of the molecule is CCCCN1C(=O)C2(CCN(C(=O)C(C)(C)CC)CC2)Nc2ccccc21. The number of anilines is 2. The lowest BCUT2D eigenvalue weighted by Gasteiger charge is -2.48. The lowest BCUT2D eigenvalue weighted by molar-refractivity contribution is -0.143. The van der Waals surface area contributed by atoms with Gasteiger partial charge < -0.3 is 15.1 Å².